The van der Waals surface area contributed by atoms with Crippen molar-refractivity contribution in [3.05, 3.63) is 47.8 Å². The van der Waals surface area contributed by atoms with Gasteiger partial charge >= 0.3 is 12.1 Å². The smallest absolute Gasteiger partial charge is 0.414 e. The van der Waals surface area contributed by atoms with E-state index >= 15 is 0 Å². The van der Waals surface area contributed by atoms with Crippen LogP contribution in [0.2, 0.25) is 0 Å². The number of nitriles is 1. The molecule has 0 bridgehead atoms. The van der Waals surface area contributed by atoms with E-state index in [1.54, 1.807) is 31.2 Å². The molecule has 1 fully saturated rings. The third-order valence-corrected chi connectivity index (χ3v) is 3.92. The van der Waals surface area contributed by atoms with Crippen LogP contribution >= 0.6 is 0 Å². The van der Waals surface area contributed by atoms with Gasteiger partial charge in [0.2, 0.25) is 0 Å². The molecule has 0 aliphatic carbocycles. The summed E-state index contributed by atoms with van der Waals surface area (Å²) in [5, 5.41) is 17.9. The summed E-state index contributed by atoms with van der Waals surface area (Å²) >= 11 is 0. The van der Waals surface area contributed by atoms with Crippen molar-refractivity contribution >= 4 is 17.7 Å². The number of hydrogen-bond donors (Lipinski definition) is 2. The van der Waals surface area contributed by atoms with Gasteiger partial charge in [0.15, 0.2) is 11.9 Å². The lowest BCUT2D eigenvalue weighted by molar-refractivity contribution is 0.0547. The second-order valence-corrected chi connectivity index (χ2v) is 5.55. The fourth-order valence-corrected chi connectivity index (χ4v) is 2.55. The Morgan fingerprint density at radius 2 is 2.16 bits per heavy atom. The van der Waals surface area contributed by atoms with E-state index in [1.807, 2.05) is 6.07 Å². The van der Waals surface area contributed by atoms with Gasteiger partial charge in [-0.05, 0) is 31.2 Å². The minimum atomic E-state index is -1.11. The zero-order chi connectivity index (χ0) is 18.0. The van der Waals surface area contributed by atoms with Crippen LogP contribution in [0.15, 0.2) is 36.7 Å². The summed E-state index contributed by atoms with van der Waals surface area (Å²) in [7, 11) is 0. The van der Waals surface area contributed by atoms with Crippen LogP contribution in [0.4, 0.5) is 10.5 Å². The van der Waals surface area contributed by atoms with Gasteiger partial charge in [-0.3, -0.25) is 4.90 Å². The molecular weight excluding hydrogens is 326 g/mol. The highest BCUT2D eigenvalue weighted by molar-refractivity contribution is 5.91. The van der Waals surface area contributed by atoms with Crippen molar-refractivity contribution in [2.45, 2.75) is 19.1 Å². The third-order valence-electron chi connectivity index (χ3n) is 3.92. The number of benzene rings is 1. The molecule has 2 heterocycles. The number of amides is 1. The van der Waals surface area contributed by atoms with Crippen LogP contribution in [-0.4, -0.2) is 40.9 Å². The zero-order valence-electron chi connectivity index (χ0n) is 13.3. The van der Waals surface area contributed by atoms with E-state index in [2.05, 4.69) is 4.98 Å². The topological polar surface area (TPSA) is 116 Å². The molecule has 1 amide bonds. The van der Waals surface area contributed by atoms with Gasteiger partial charge in [-0.1, -0.05) is 0 Å². The summed E-state index contributed by atoms with van der Waals surface area (Å²) in [6, 6.07) is 8.59. The standard InChI is InChI=1S/C17H15N3O5/c1-10(24-14-8-19-7-13(14)16(21)22)15-9-20(17(23)25-15)12-4-2-11(6-18)3-5-12/h2-5,7-8,10,15,19H,9H2,1H3,(H,21,22). The summed E-state index contributed by atoms with van der Waals surface area (Å²) in [6.07, 6.45) is 1.15. The highest BCUT2D eigenvalue weighted by atomic mass is 16.6. The first-order valence-corrected chi connectivity index (χ1v) is 7.54. The fraction of sp³-hybridized carbons (Fsp3) is 0.235. The molecule has 1 aliphatic rings. The number of rotatable bonds is 5. The van der Waals surface area contributed by atoms with E-state index in [0.717, 1.165) is 0 Å². The number of anilines is 1. The molecule has 1 aromatic heterocycles. The van der Waals surface area contributed by atoms with Crippen LogP contribution in [-0.2, 0) is 4.74 Å². The van der Waals surface area contributed by atoms with Crippen molar-refractivity contribution in [3.8, 4) is 11.8 Å². The van der Waals surface area contributed by atoms with Crippen LogP contribution in [0, 0.1) is 11.3 Å². The Bertz CT molecular complexity index is 837. The number of carboxylic acid groups (broad SMARTS) is 1. The Hall–Kier alpha value is -3.47. The number of nitrogens with one attached hydrogen (secondary N) is 1. The fourth-order valence-electron chi connectivity index (χ4n) is 2.55. The summed E-state index contributed by atoms with van der Waals surface area (Å²) in [5.41, 5.74) is 1.13. The second kappa shape index (κ2) is 6.57. The highest BCUT2D eigenvalue weighted by Gasteiger charge is 2.37. The van der Waals surface area contributed by atoms with Crippen LogP contribution in [0.3, 0.4) is 0 Å². The Morgan fingerprint density at radius 3 is 2.80 bits per heavy atom. The average Bonchev–Trinajstić information content (AvgIpc) is 3.21. The normalized spacial score (nSPS) is 17.7. The molecule has 2 aromatic rings. The van der Waals surface area contributed by atoms with Crippen molar-refractivity contribution in [2.24, 2.45) is 0 Å². The number of carboxylic acids is 1. The average molecular weight is 341 g/mol. The first-order valence-electron chi connectivity index (χ1n) is 7.54. The molecule has 0 spiro atoms. The number of cyclic esters (lactones) is 1. The van der Waals surface area contributed by atoms with E-state index in [4.69, 9.17) is 19.8 Å². The summed E-state index contributed by atoms with van der Waals surface area (Å²) in [4.78, 5) is 27.3. The molecule has 2 atom stereocenters. The largest absolute Gasteiger partial charge is 0.484 e. The summed E-state index contributed by atoms with van der Waals surface area (Å²) < 4.78 is 11.0. The minimum absolute atomic E-state index is 0.0140. The predicted octanol–water partition coefficient (Wildman–Crippen LogP) is 2.38. The number of aromatic nitrogens is 1. The summed E-state index contributed by atoms with van der Waals surface area (Å²) in [6.45, 7) is 1.97. The molecule has 2 unspecified atom stereocenters. The van der Waals surface area contributed by atoms with Gasteiger partial charge in [-0.25, -0.2) is 9.59 Å². The van der Waals surface area contributed by atoms with Gasteiger partial charge in [-0.2, -0.15) is 5.26 Å². The van der Waals surface area contributed by atoms with Crippen LogP contribution in [0.1, 0.15) is 22.8 Å². The number of hydrogen-bond acceptors (Lipinski definition) is 5. The van der Waals surface area contributed by atoms with Gasteiger partial charge in [0.05, 0.1) is 18.2 Å². The van der Waals surface area contributed by atoms with Crippen LogP contribution < -0.4 is 9.64 Å². The first-order chi connectivity index (χ1) is 12.0. The SMILES string of the molecule is CC(Oc1c[nH]cc1C(=O)O)C1CN(c2ccc(C#N)cc2)C(=O)O1. The van der Waals surface area contributed by atoms with Gasteiger partial charge in [-0.15, -0.1) is 0 Å². The molecule has 1 saturated heterocycles. The Kier molecular flexibility index (Phi) is 4.31. The van der Waals surface area contributed by atoms with Gasteiger partial charge < -0.3 is 19.6 Å². The molecular formula is C17H15N3O5. The monoisotopic (exact) mass is 341 g/mol. The Morgan fingerprint density at radius 1 is 1.44 bits per heavy atom. The molecule has 1 aromatic carbocycles. The number of carbonyl (C=O) groups is 2. The molecule has 1 aliphatic heterocycles. The molecule has 0 saturated carbocycles. The van der Waals surface area contributed by atoms with E-state index in [0.29, 0.717) is 11.3 Å². The molecule has 25 heavy (non-hydrogen) atoms. The van der Waals surface area contributed by atoms with E-state index < -0.39 is 24.3 Å². The number of H-pyrrole nitrogens is 1. The molecule has 8 nitrogen and oxygen atoms in total. The highest BCUT2D eigenvalue weighted by Crippen LogP contribution is 2.26. The molecule has 0 radical (unpaired) electrons. The maximum atomic E-state index is 12.1. The lowest BCUT2D eigenvalue weighted by atomic mass is 10.2. The maximum Gasteiger partial charge on any atom is 0.414 e. The van der Waals surface area contributed by atoms with Crippen molar-refractivity contribution in [1.29, 1.82) is 5.26 Å². The van der Waals surface area contributed by atoms with Crippen LogP contribution in [0.25, 0.3) is 0 Å². The number of nitrogens with zero attached hydrogens (tertiary/aromatic N) is 2. The van der Waals surface area contributed by atoms with Crippen molar-refractivity contribution in [1.82, 2.24) is 4.98 Å². The number of aromatic carboxylic acids is 1. The number of aromatic amines is 1. The van der Waals surface area contributed by atoms with E-state index in [-0.39, 0.29) is 17.9 Å². The third kappa shape index (κ3) is 3.26. The number of ether oxygens (including phenoxy) is 2. The van der Waals surface area contributed by atoms with Gasteiger partial charge in [0.25, 0.3) is 0 Å². The molecule has 2 N–H and O–H groups in total. The molecule has 3 rings (SSSR count). The lowest BCUT2D eigenvalue weighted by Crippen LogP contribution is -2.33. The first kappa shape index (κ1) is 16.4. The van der Waals surface area contributed by atoms with Crippen LogP contribution in [0.5, 0.6) is 5.75 Å². The summed E-state index contributed by atoms with van der Waals surface area (Å²) in [5.74, 6) is -0.918. The zero-order valence-corrected chi connectivity index (χ0v) is 13.3. The maximum absolute atomic E-state index is 12.1. The van der Waals surface area contributed by atoms with Crippen molar-refractivity contribution in [2.75, 3.05) is 11.4 Å². The second-order valence-electron chi connectivity index (χ2n) is 5.55. The van der Waals surface area contributed by atoms with Gasteiger partial charge in [0.1, 0.15) is 11.7 Å². The lowest BCUT2D eigenvalue weighted by Gasteiger charge is -2.19. The van der Waals surface area contributed by atoms with Crippen molar-refractivity contribution < 1.29 is 24.2 Å². The number of carbonyl (C=O) groups excluding carboxylic acids is 1. The van der Waals surface area contributed by atoms with E-state index in [9.17, 15) is 9.59 Å². The minimum Gasteiger partial charge on any atom is -0.484 e. The quantitative estimate of drug-likeness (QED) is 0.862. The molecule has 128 valence electrons. The van der Waals surface area contributed by atoms with Crippen molar-refractivity contribution in [3.63, 3.8) is 0 Å². The molecule has 8 heteroatoms. The van der Waals surface area contributed by atoms with E-state index in [1.165, 1.54) is 17.3 Å². The Labute approximate surface area is 143 Å². The Balaban J connectivity index is 1.70. The predicted molar refractivity (Wildman–Crippen MR) is 86.6 cm³/mol. The van der Waals surface area contributed by atoms with Gasteiger partial charge in [0, 0.05) is 18.1 Å².